The quantitative estimate of drug-likeness (QED) is 0.747. The van der Waals surface area contributed by atoms with Crippen molar-refractivity contribution >= 4 is 16.6 Å². The normalized spacial score (nSPS) is 13.5. The van der Waals surface area contributed by atoms with Crippen molar-refractivity contribution in [2.24, 2.45) is 5.41 Å². The van der Waals surface area contributed by atoms with Crippen LogP contribution in [0.15, 0.2) is 36.4 Å². The Balaban J connectivity index is 2.41. The van der Waals surface area contributed by atoms with Gasteiger partial charge in [0, 0.05) is 11.3 Å². The van der Waals surface area contributed by atoms with Gasteiger partial charge in [-0.25, -0.2) is 0 Å². The second kappa shape index (κ2) is 4.80. The zero-order valence-corrected chi connectivity index (χ0v) is 12.4. The van der Waals surface area contributed by atoms with E-state index in [0.29, 0.717) is 5.78 Å². The molecule has 0 N–H and O–H groups in total. The van der Waals surface area contributed by atoms with E-state index >= 15 is 0 Å². The molecular weight excluding hydrogens is 232 g/mol. The highest BCUT2D eigenvalue weighted by Gasteiger charge is 2.27. The summed E-state index contributed by atoms with van der Waals surface area (Å²) >= 11 is 0. The second-order valence-electron chi connectivity index (χ2n) is 6.45. The van der Waals surface area contributed by atoms with Gasteiger partial charge < -0.3 is 0 Å². The number of benzene rings is 2. The maximum Gasteiger partial charge on any atom is 0.145 e. The lowest BCUT2D eigenvalue weighted by Gasteiger charge is -2.22. The molecule has 100 valence electrons. The van der Waals surface area contributed by atoms with Crippen molar-refractivity contribution in [3.63, 3.8) is 0 Å². The summed E-state index contributed by atoms with van der Waals surface area (Å²) in [6.07, 6.45) is 0. The fourth-order valence-electron chi connectivity index (χ4n) is 2.45. The SMILES string of the molecule is Cc1ccc2cc(C(C)C(=O)C(C)(C)C)ccc2c1. The Labute approximate surface area is 115 Å². The van der Waals surface area contributed by atoms with Gasteiger partial charge in [-0.15, -0.1) is 0 Å². The third-order valence-electron chi connectivity index (χ3n) is 3.65. The van der Waals surface area contributed by atoms with Crippen LogP contribution in [0.2, 0.25) is 0 Å². The first-order valence-electron chi connectivity index (χ1n) is 6.83. The molecule has 0 fully saturated rings. The predicted octanol–water partition coefficient (Wildman–Crippen LogP) is 4.87. The molecule has 0 heterocycles. The Bertz CT molecular complexity index is 617. The van der Waals surface area contributed by atoms with Crippen LogP contribution in [0.5, 0.6) is 0 Å². The third-order valence-corrected chi connectivity index (χ3v) is 3.65. The third kappa shape index (κ3) is 2.86. The molecule has 1 heteroatoms. The Kier molecular flexibility index (Phi) is 3.49. The number of carbonyl (C=O) groups excluding carboxylic acids is 1. The molecule has 0 saturated heterocycles. The molecule has 0 amide bonds. The number of hydrogen-bond acceptors (Lipinski definition) is 1. The van der Waals surface area contributed by atoms with E-state index in [-0.39, 0.29) is 11.3 Å². The van der Waals surface area contributed by atoms with Crippen LogP contribution in [-0.2, 0) is 4.79 Å². The minimum absolute atomic E-state index is 0.0503. The van der Waals surface area contributed by atoms with Crippen molar-refractivity contribution in [2.75, 3.05) is 0 Å². The molecule has 2 aromatic carbocycles. The topological polar surface area (TPSA) is 17.1 Å². The number of aryl methyl sites for hydroxylation is 1. The molecule has 0 aliphatic rings. The van der Waals surface area contributed by atoms with Crippen LogP contribution in [0.3, 0.4) is 0 Å². The summed E-state index contributed by atoms with van der Waals surface area (Å²) in [6, 6.07) is 12.8. The highest BCUT2D eigenvalue weighted by molar-refractivity contribution is 5.91. The monoisotopic (exact) mass is 254 g/mol. The van der Waals surface area contributed by atoms with Gasteiger partial charge in [-0.3, -0.25) is 4.79 Å². The number of hydrogen-bond donors (Lipinski definition) is 0. The first kappa shape index (κ1) is 13.8. The predicted molar refractivity (Wildman–Crippen MR) is 81.6 cm³/mol. The number of fused-ring (bicyclic) bond motifs is 1. The summed E-state index contributed by atoms with van der Waals surface area (Å²) in [5.41, 5.74) is 2.08. The zero-order chi connectivity index (χ0) is 14.2. The average Bonchev–Trinajstić information content (AvgIpc) is 2.35. The lowest BCUT2D eigenvalue weighted by Crippen LogP contribution is -2.25. The van der Waals surface area contributed by atoms with E-state index in [1.807, 2.05) is 27.7 Å². The van der Waals surface area contributed by atoms with Crippen LogP contribution in [0, 0.1) is 12.3 Å². The standard InChI is InChI=1S/C18H22O/c1-12-6-7-16-11-14(8-9-15(16)10-12)13(2)17(19)18(3,4)5/h6-11,13H,1-5H3. The van der Waals surface area contributed by atoms with Crippen molar-refractivity contribution in [1.29, 1.82) is 0 Å². The van der Waals surface area contributed by atoms with Crippen LogP contribution >= 0.6 is 0 Å². The van der Waals surface area contributed by atoms with E-state index in [1.54, 1.807) is 0 Å². The molecule has 1 atom stereocenters. The van der Waals surface area contributed by atoms with Crippen LogP contribution in [-0.4, -0.2) is 5.78 Å². The first-order valence-corrected chi connectivity index (χ1v) is 6.83. The van der Waals surface area contributed by atoms with Gasteiger partial charge in [-0.1, -0.05) is 69.7 Å². The summed E-state index contributed by atoms with van der Waals surface area (Å²) in [5, 5.41) is 2.44. The van der Waals surface area contributed by atoms with Gasteiger partial charge in [0.25, 0.3) is 0 Å². The van der Waals surface area contributed by atoms with E-state index < -0.39 is 0 Å². The minimum atomic E-state index is -0.290. The average molecular weight is 254 g/mol. The van der Waals surface area contributed by atoms with Crippen LogP contribution in [0.1, 0.15) is 44.7 Å². The van der Waals surface area contributed by atoms with Gasteiger partial charge >= 0.3 is 0 Å². The van der Waals surface area contributed by atoms with Crippen molar-refractivity contribution in [1.82, 2.24) is 0 Å². The number of carbonyl (C=O) groups is 1. The fraction of sp³-hybridized carbons (Fsp3) is 0.389. The van der Waals surface area contributed by atoms with Crippen LogP contribution < -0.4 is 0 Å². The molecule has 1 unspecified atom stereocenters. The number of ketones is 1. The van der Waals surface area contributed by atoms with Gasteiger partial charge in [0.1, 0.15) is 5.78 Å². The Morgan fingerprint density at radius 1 is 1.00 bits per heavy atom. The van der Waals surface area contributed by atoms with Crippen LogP contribution in [0.25, 0.3) is 10.8 Å². The maximum absolute atomic E-state index is 12.4. The summed E-state index contributed by atoms with van der Waals surface area (Å²) in [5.74, 6) is 0.240. The number of Topliss-reactive ketones (excluding diaryl/α,β-unsaturated/α-hetero) is 1. The van der Waals surface area contributed by atoms with E-state index in [0.717, 1.165) is 5.56 Å². The molecule has 2 rings (SSSR count). The minimum Gasteiger partial charge on any atom is -0.298 e. The molecule has 1 nitrogen and oxygen atoms in total. The summed E-state index contributed by atoms with van der Waals surface area (Å²) < 4.78 is 0. The second-order valence-corrected chi connectivity index (χ2v) is 6.45. The molecule has 0 aliphatic carbocycles. The molecule has 0 spiro atoms. The summed E-state index contributed by atoms with van der Waals surface area (Å²) in [6.45, 7) is 10.0. The molecule has 0 aromatic heterocycles. The fourth-order valence-corrected chi connectivity index (χ4v) is 2.45. The zero-order valence-electron chi connectivity index (χ0n) is 12.4. The lowest BCUT2D eigenvalue weighted by atomic mass is 9.80. The first-order chi connectivity index (χ1) is 8.79. The molecule has 0 radical (unpaired) electrons. The van der Waals surface area contributed by atoms with Gasteiger partial charge in [0.2, 0.25) is 0 Å². The van der Waals surface area contributed by atoms with E-state index in [1.165, 1.54) is 16.3 Å². The largest absolute Gasteiger partial charge is 0.298 e. The van der Waals surface area contributed by atoms with Crippen molar-refractivity contribution in [3.05, 3.63) is 47.5 Å². The lowest BCUT2D eigenvalue weighted by molar-refractivity contribution is -0.127. The Morgan fingerprint density at radius 2 is 1.58 bits per heavy atom. The van der Waals surface area contributed by atoms with Crippen molar-refractivity contribution < 1.29 is 4.79 Å². The van der Waals surface area contributed by atoms with Crippen molar-refractivity contribution in [2.45, 2.75) is 40.5 Å². The van der Waals surface area contributed by atoms with Gasteiger partial charge in [0.05, 0.1) is 0 Å². The Morgan fingerprint density at radius 3 is 2.21 bits per heavy atom. The number of rotatable bonds is 2. The highest BCUT2D eigenvalue weighted by atomic mass is 16.1. The van der Waals surface area contributed by atoms with E-state index in [9.17, 15) is 4.79 Å². The maximum atomic E-state index is 12.4. The molecular formula is C18H22O. The van der Waals surface area contributed by atoms with E-state index in [2.05, 4.69) is 43.3 Å². The molecule has 0 aliphatic heterocycles. The molecule has 0 bridgehead atoms. The van der Waals surface area contributed by atoms with Gasteiger partial charge in [-0.2, -0.15) is 0 Å². The van der Waals surface area contributed by atoms with E-state index in [4.69, 9.17) is 0 Å². The smallest absolute Gasteiger partial charge is 0.145 e. The van der Waals surface area contributed by atoms with Gasteiger partial charge in [0.15, 0.2) is 0 Å². The molecule has 19 heavy (non-hydrogen) atoms. The van der Waals surface area contributed by atoms with Gasteiger partial charge in [-0.05, 0) is 23.3 Å². The highest BCUT2D eigenvalue weighted by Crippen LogP contribution is 2.29. The summed E-state index contributed by atoms with van der Waals surface area (Å²) in [7, 11) is 0. The summed E-state index contributed by atoms with van der Waals surface area (Å²) in [4.78, 5) is 12.4. The molecule has 0 saturated carbocycles. The Hall–Kier alpha value is -1.63. The molecule has 2 aromatic rings. The van der Waals surface area contributed by atoms with Crippen molar-refractivity contribution in [3.8, 4) is 0 Å². The van der Waals surface area contributed by atoms with Crippen LogP contribution in [0.4, 0.5) is 0 Å².